The minimum atomic E-state index is -2.87. The quantitative estimate of drug-likeness (QED) is 0.843. The number of alkyl halides is 3. The fraction of sp³-hybridized carbons (Fsp3) is 0.300. The van der Waals surface area contributed by atoms with Crippen LogP contribution in [-0.4, -0.2) is 16.1 Å². The van der Waals surface area contributed by atoms with Crippen LogP contribution in [0.3, 0.4) is 0 Å². The zero-order valence-electron chi connectivity index (χ0n) is 8.45. The summed E-state index contributed by atoms with van der Waals surface area (Å²) in [6.45, 7) is 0. The van der Waals surface area contributed by atoms with Crippen molar-refractivity contribution in [3.63, 3.8) is 0 Å². The lowest BCUT2D eigenvalue weighted by Gasteiger charge is -2.09. The number of rotatable bonds is 4. The van der Waals surface area contributed by atoms with Gasteiger partial charge in [0.05, 0.1) is 40.9 Å². The number of nitriles is 1. The first-order chi connectivity index (χ1) is 7.99. The first-order valence-electron chi connectivity index (χ1n) is 4.48. The van der Waals surface area contributed by atoms with Crippen molar-refractivity contribution in [2.24, 2.45) is 0 Å². The summed E-state index contributed by atoms with van der Waals surface area (Å²) < 4.78 is 25.4. The van der Waals surface area contributed by atoms with Crippen molar-refractivity contribution in [3.05, 3.63) is 28.6 Å². The van der Waals surface area contributed by atoms with E-state index in [9.17, 15) is 13.6 Å². The Morgan fingerprint density at radius 3 is 2.71 bits per heavy atom. The van der Waals surface area contributed by atoms with Crippen molar-refractivity contribution in [2.45, 2.75) is 18.7 Å². The van der Waals surface area contributed by atoms with E-state index in [2.05, 4.69) is 4.98 Å². The van der Waals surface area contributed by atoms with Gasteiger partial charge in [-0.05, 0) is 6.07 Å². The zero-order chi connectivity index (χ0) is 13.0. The second kappa shape index (κ2) is 5.55. The molecule has 0 fully saturated rings. The Kier molecular flexibility index (Phi) is 4.35. The molecule has 4 nitrogen and oxygen atoms in total. The molecular formula is C10H7ClF2N2O2. The molecule has 1 heterocycles. The van der Waals surface area contributed by atoms with Crippen LogP contribution in [0.4, 0.5) is 8.78 Å². The Bertz CT molecular complexity index is 486. The van der Waals surface area contributed by atoms with Gasteiger partial charge in [-0.1, -0.05) is 0 Å². The van der Waals surface area contributed by atoms with Gasteiger partial charge in [0.25, 0.3) is 6.43 Å². The van der Waals surface area contributed by atoms with E-state index in [1.54, 1.807) is 6.07 Å². The topological polar surface area (TPSA) is 74.0 Å². The predicted molar refractivity (Wildman–Crippen MR) is 54.8 cm³/mol. The van der Waals surface area contributed by atoms with E-state index in [0.29, 0.717) is 0 Å². The third kappa shape index (κ3) is 3.11. The maximum atomic E-state index is 12.7. The van der Waals surface area contributed by atoms with Gasteiger partial charge in [0.1, 0.15) is 0 Å². The Labute approximate surface area is 100 Å². The highest BCUT2D eigenvalue weighted by Crippen LogP contribution is 2.27. The summed E-state index contributed by atoms with van der Waals surface area (Å²) >= 11 is 5.46. The minimum absolute atomic E-state index is 0.0362. The maximum Gasteiger partial charge on any atom is 0.309 e. The number of hydrogen-bond acceptors (Lipinski definition) is 3. The summed E-state index contributed by atoms with van der Waals surface area (Å²) in [4.78, 5) is 14.2. The molecule has 0 aliphatic heterocycles. The molecule has 17 heavy (non-hydrogen) atoms. The second-order valence-electron chi connectivity index (χ2n) is 3.14. The highest BCUT2D eigenvalue weighted by Gasteiger charge is 2.20. The van der Waals surface area contributed by atoms with Gasteiger partial charge in [0.15, 0.2) is 0 Å². The monoisotopic (exact) mass is 260 g/mol. The molecule has 0 amide bonds. The lowest BCUT2D eigenvalue weighted by Crippen LogP contribution is -2.08. The molecule has 90 valence electrons. The molecule has 1 aromatic rings. The SMILES string of the molecule is N#Cc1cc(CC(=O)O)nc(CCl)c1C(F)F. The Hall–Kier alpha value is -1.74. The third-order valence-corrected chi connectivity index (χ3v) is 2.24. The van der Waals surface area contributed by atoms with Gasteiger partial charge < -0.3 is 5.11 Å². The zero-order valence-corrected chi connectivity index (χ0v) is 9.21. The third-order valence-electron chi connectivity index (χ3n) is 1.99. The Morgan fingerprint density at radius 1 is 1.65 bits per heavy atom. The number of halogens is 3. The number of nitrogens with zero attached hydrogens (tertiary/aromatic N) is 2. The lowest BCUT2D eigenvalue weighted by molar-refractivity contribution is -0.136. The van der Waals surface area contributed by atoms with Gasteiger partial charge >= 0.3 is 5.97 Å². The van der Waals surface area contributed by atoms with Crippen LogP contribution in [0, 0.1) is 11.3 Å². The number of aliphatic carboxylic acids is 1. The van der Waals surface area contributed by atoms with Crippen LogP contribution in [0.5, 0.6) is 0 Å². The van der Waals surface area contributed by atoms with E-state index in [1.807, 2.05) is 0 Å². The van der Waals surface area contributed by atoms with Crippen molar-refractivity contribution in [3.8, 4) is 6.07 Å². The average Bonchev–Trinajstić information content (AvgIpc) is 2.26. The normalized spacial score (nSPS) is 10.3. The van der Waals surface area contributed by atoms with Gasteiger partial charge in [0, 0.05) is 0 Å². The van der Waals surface area contributed by atoms with Crippen molar-refractivity contribution in [1.29, 1.82) is 5.26 Å². The number of hydrogen-bond donors (Lipinski definition) is 1. The first-order valence-corrected chi connectivity index (χ1v) is 5.01. The van der Waals surface area contributed by atoms with E-state index >= 15 is 0 Å². The van der Waals surface area contributed by atoms with Crippen LogP contribution in [0.2, 0.25) is 0 Å². The number of carboxylic acids is 1. The molecule has 7 heteroatoms. The minimum Gasteiger partial charge on any atom is -0.481 e. The van der Waals surface area contributed by atoms with E-state index < -0.39 is 24.4 Å². The molecule has 0 aliphatic carbocycles. The molecule has 0 unspecified atom stereocenters. The number of carboxylic acid groups (broad SMARTS) is 1. The lowest BCUT2D eigenvalue weighted by atomic mass is 10.1. The average molecular weight is 261 g/mol. The van der Waals surface area contributed by atoms with E-state index in [0.717, 1.165) is 6.07 Å². The molecular weight excluding hydrogens is 254 g/mol. The second-order valence-corrected chi connectivity index (χ2v) is 3.41. The number of carbonyl (C=O) groups is 1. The van der Waals surface area contributed by atoms with Crippen LogP contribution < -0.4 is 0 Å². The standard InChI is InChI=1S/C10H7ClF2N2O2/c11-3-7-9(10(12)13)5(4-14)1-6(15-7)2-8(16)17/h1,10H,2-3H2,(H,16,17). The summed E-state index contributed by atoms with van der Waals surface area (Å²) in [5, 5.41) is 17.3. The smallest absolute Gasteiger partial charge is 0.309 e. The van der Waals surface area contributed by atoms with Crippen molar-refractivity contribution in [2.75, 3.05) is 0 Å². The van der Waals surface area contributed by atoms with Crippen molar-refractivity contribution in [1.82, 2.24) is 4.98 Å². The van der Waals surface area contributed by atoms with E-state index in [1.165, 1.54) is 0 Å². The Morgan fingerprint density at radius 2 is 2.29 bits per heavy atom. The molecule has 0 atom stereocenters. The molecule has 0 saturated heterocycles. The van der Waals surface area contributed by atoms with Crippen LogP contribution in [0.15, 0.2) is 6.07 Å². The van der Waals surface area contributed by atoms with Gasteiger partial charge in [-0.25, -0.2) is 8.78 Å². The molecule has 0 aromatic carbocycles. The van der Waals surface area contributed by atoms with Gasteiger partial charge in [0.2, 0.25) is 0 Å². The van der Waals surface area contributed by atoms with Crippen LogP contribution in [-0.2, 0) is 17.1 Å². The largest absolute Gasteiger partial charge is 0.481 e. The molecule has 0 saturated carbocycles. The summed E-state index contributed by atoms with van der Waals surface area (Å²) in [6, 6.07) is 2.64. The van der Waals surface area contributed by atoms with Crippen molar-refractivity contribution >= 4 is 17.6 Å². The summed E-state index contributed by atoms with van der Waals surface area (Å²) in [7, 11) is 0. The van der Waals surface area contributed by atoms with Gasteiger partial charge in [-0.2, -0.15) is 5.26 Å². The van der Waals surface area contributed by atoms with Crippen LogP contribution >= 0.6 is 11.6 Å². The molecule has 1 rings (SSSR count). The molecule has 1 N–H and O–H groups in total. The van der Waals surface area contributed by atoms with E-state index in [-0.39, 0.29) is 22.8 Å². The van der Waals surface area contributed by atoms with Gasteiger partial charge in [-0.3, -0.25) is 9.78 Å². The number of aromatic nitrogens is 1. The fourth-order valence-electron chi connectivity index (χ4n) is 1.35. The highest BCUT2D eigenvalue weighted by molar-refractivity contribution is 6.17. The summed E-state index contributed by atoms with van der Waals surface area (Å²) in [6.07, 6.45) is -3.31. The van der Waals surface area contributed by atoms with Crippen LogP contribution in [0.25, 0.3) is 0 Å². The highest BCUT2D eigenvalue weighted by atomic mass is 35.5. The summed E-state index contributed by atoms with van der Waals surface area (Å²) in [5.41, 5.74) is -0.940. The van der Waals surface area contributed by atoms with Gasteiger partial charge in [-0.15, -0.1) is 11.6 Å². The van der Waals surface area contributed by atoms with E-state index in [4.69, 9.17) is 22.0 Å². The first kappa shape index (κ1) is 13.3. The molecule has 0 spiro atoms. The van der Waals surface area contributed by atoms with Crippen LogP contribution in [0.1, 0.15) is 28.9 Å². The molecule has 0 bridgehead atoms. The maximum absolute atomic E-state index is 12.7. The molecule has 0 aliphatic rings. The predicted octanol–water partition coefficient (Wildman–Crippen LogP) is 2.26. The fourth-order valence-corrected chi connectivity index (χ4v) is 1.55. The number of pyridine rings is 1. The van der Waals surface area contributed by atoms with Crippen molar-refractivity contribution < 1.29 is 18.7 Å². The molecule has 1 aromatic heterocycles. The Balaban J connectivity index is 3.35. The molecule has 0 radical (unpaired) electrons. The summed E-state index contributed by atoms with van der Waals surface area (Å²) in [5.74, 6) is -1.46.